The van der Waals surface area contributed by atoms with E-state index in [1.807, 2.05) is 0 Å². The highest BCUT2D eigenvalue weighted by atomic mass is 79.9. The number of ether oxygens (including phenoxy) is 3. The van der Waals surface area contributed by atoms with Gasteiger partial charge >= 0.3 is 6.03 Å². The summed E-state index contributed by atoms with van der Waals surface area (Å²) in [4.78, 5) is 34.1. The van der Waals surface area contributed by atoms with Crippen LogP contribution < -0.4 is 20.3 Å². The second kappa shape index (κ2) is 12.9. The third-order valence-corrected chi connectivity index (χ3v) is 7.65. The molecular formula is C28H27BrCl2N4O5. The Morgan fingerprint density at radius 2 is 1.85 bits per heavy atom. The molecule has 0 saturated carbocycles. The Morgan fingerprint density at radius 1 is 1.10 bits per heavy atom. The number of rotatable bonds is 9. The van der Waals surface area contributed by atoms with E-state index < -0.39 is 12.1 Å². The van der Waals surface area contributed by atoms with Crippen molar-refractivity contribution in [3.8, 4) is 17.2 Å². The molecular weight excluding hydrogens is 623 g/mol. The number of urea groups is 1. The quantitative estimate of drug-likeness (QED) is 0.216. The summed E-state index contributed by atoms with van der Waals surface area (Å²) in [5, 5.41) is 3.97. The van der Waals surface area contributed by atoms with E-state index in [2.05, 4.69) is 21.2 Å². The average Bonchev–Trinajstić information content (AvgIpc) is 2.95. The number of anilines is 1. The smallest absolute Gasteiger partial charge is 0.322 e. The number of halogens is 3. The summed E-state index contributed by atoms with van der Waals surface area (Å²) >= 11 is 15.9. The van der Waals surface area contributed by atoms with Crippen LogP contribution in [0, 0.1) is 0 Å². The Balaban J connectivity index is 1.91. The zero-order valence-corrected chi connectivity index (χ0v) is 25.3. The number of carbonyl (C=O) groups excluding carboxylic acids is 1. The number of hydrogen-bond acceptors (Lipinski definition) is 6. The monoisotopic (exact) mass is 648 g/mol. The van der Waals surface area contributed by atoms with Gasteiger partial charge in [0.05, 0.1) is 58.6 Å². The van der Waals surface area contributed by atoms with E-state index in [1.165, 1.54) is 29.8 Å². The molecule has 0 bridgehead atoms. The predicted octanol–water partition coefficient (Wildman–Crippen LogP) is 6.71. The molecule has 0 aliphatic carbocycles. The molecule has 3 aromatic carbocycles. The number of amides is 2. The summed E-state index contributed by atoms with van der Waals surface area (Å²) in [6.45, 7) is 2.22. The first-order valence-electron chi connectivity index (χ1n) is 12.1. The van der Waals surface area contributed by atoms with Crippen LogP contribution in [0.2, 0.25) is 10.0 Å². The second-order valence-electron chi connectivity index (χ2n) is 8.71. The van der Waals surface area contributed by atoms with Crippen molar-refractivity contribution < 1.29 is 19.0 Å². The van der Waals surface area contributed by atoms with Crippen molar-refractivity contribution in [1.29, 1.82) is 0 Å². The molecule has 210 valence electrons. The van der Waals surface area contributed by atoms with Crippen molar-refractivity contribution in [1.82, 2.24) is 14.5 Å². The number of para-hydroxylation sites is 1. The first kappa shape index (κ1) is 29.7. The van der Waals surface area contributed by atoms with Crippen molar-refractivity contribution >= 4 is 61.8 Å². The van der Waals surface area contributed by atoms with E-state index in [9.17, 15) is 9.59 Å². The SMILES string of the molecule is COCCN(C(=O)Nc1ccc(Cl)cc1Cl)C(C)c1nc2ccccc2c(=O)n1-c1cc(OC)cc(OC)c1Br. The number of hydrogen-bond donors (Lipinski definition) is 1. The van der Waals surface area contributed by atoms with Crippen LogP contribution in [0.25, 0.3) is 16.6 Å². The van der Waals surface area contributed by atoms with E-state index >= 15 is 0 Å². The summed E-state index contributed by atoms with van der Waals surface area (Å²) in [6, 6.07) is 14.0. The van der Waals surface area contributed by atoms with E-state index in [4.69, 9.17) is 42.4 Å². The number of fused-ring (bicyclic) bond motifs is 1. The van der Waals surface area contributed by atoms with E-state index in [-0.39, 0.29) is 23.7 Å². The molecule has 4 aromatic rings. The molecule has 0 aliphatic rings. The molecule has 1 heterocycles. The van der Waals surface area contributed by atoms with Gasteiger partial charge in [0.15, 0.2) is 0 Å². The summed E-state index contributed by atoms with van der Waals surface area (Å²) in [7, 11) is 4.59. The van der Waals surface area contributed by atoms with Crippen LogP contribution in [0.4, 0.5) is 10.5 Å². The molecule has 1 unspecified atom stereocenters. The van der Waals surface area contributed by atoms with Crippen molar-refractivity contribution in [2.75, 3.05) is 39.8 Å². The van der Waals surface area contributed by atoms with Crippen LogP contribution in [0.3, 0.4) is 0 Å². The summed E-state index contributed by atoms with van der Waals surface area (Å²) < 4.78 is 18.3. The molecule has 9 nitrogen and oxygen atoms in total. The second-order valence-corrected chi connectivity index (χ2v) is 10.3. The van der Waals surface area contributed by atoms with Gasteiger partial charge in [-0.1, -0.05) is 35.3 Å². The van der Waals surface area contributed by atoms with Gasteiger partial charge in [0.2, 0.25) is 0 Å². The van der Waals surface area contributed by atoms with Crippen LogP contribution in [-0.2, 0) is 4.74 Å². The normalized spacial score (nSPS) is 11.8. The maximum atomic E-state index is 14.0. The first-order valence-corrected chi connectivity index (χ1v) is 13.7. The topological polar surface area (TPSA) is 94.9 Å². The molecule has 0 radical (unpaired) electrons. The van der Waals surface area contributed by atoms with Crippen LogP contribution in [0.1, 0.15) is 18.8 Å². The lowest BCUT2D eigenvalue weighted by molar-refractivity contribution is 0.137. The number of benzene rings is 3. The number of methoxy groups -OCH3 is 3. The minimum atomic E-state index is -0.706. The zero-order chi connectivity index (χ0) is 29.0. The fourth-order valence-corrected chi connectivity index (χ4v) is 5.25. The molecule has 12 heteroatoms. The average molecular weight is 650 g/mol. The Bertz CT molecular complexity index is 1610. The van der Waals surface area contributed by atoms with Gasteiger partial charge < -0.3 is 24.4 Å². The Labute approximate surface area is 249 Å². The number of nitrogens with zero attached hydrogens (tertiary/aromatic N) is 3. The largest absolute Gasteiger partial charge is 0.497 e. The highest BCUT2D eigenvalue weighted by Crippen LogP contribution is 2.37. The predicted molar refractivity (Wildman–Crippen MR) is 161 cm³/mol. The summed E-state index contributed by atoms with van der Waals surface area (Å²) in [5.74, 6) is 1.24. The zero-order valence-electron chi connectivity index (χ0n) is 22.2. The minimum Gasteiger partial charge on any atom is -0.497 e. The Hall–Kier alpha value is -3.31. The Morgan fingerprint density at radius 3 is 2.52 bits per heavy atom. The highest BCUT2D eigenvalue weighted by Gasteiger charge is 2.28. The van der Waals surface area contributed by atoms with Crippen molar-refractivity contribution in [2.45, 2.75) is 13.0 Å². The van der Waals surface area contributed by atoms with E-state index in [1.54, 1.807) is 62.6 Å². The standard InChI is InChI=1S/C28H27BrCl2N4O5/c1-16(34(11-12-38-2)28(37)33-22-10-9-17(30)13-20(22)31)26-32-21-8-6-5-7-19(21)27(36)35(26)23-14-18(39-3)15-24(40-4)25(23)29/h5-10,13-16H,11-12H2,1-4H3,(H,33,37). The fourth-order valence-electron chi connectivity index (χ4n) is 4.23. The third-order valence-electron chi connectivity index (χ3n) is 6.30. The lowest BCUT2D eigenvalue weighted by Gasteiger charge is -2.31. The lowest BCUT2D eigenvalue weighted by Crippen LogP contribution is -2.41. The van der Waals surface area contributed by atoms with Gasteiger partial charge in [-0.2, -0.15) is 0 Å². The van der Waals surface area contributed by atoms with Crippen molar-refractivity contribution in [3.05, 3.63) is 85.3 Å². The third kappa shape index (κ3) is 6.05. The molecule has 0 aliphatic heterocycles. The van der Waals surface area contributed by atoms with E-state index in [0.29, 0.717) is 49.1 Å². The number of nitrogens with one attached hydrogen (secondary N) is 1. The van der Waals surface area contributed by atoms with Crippen LogP contribution in [-0.4, -0.2) is 55.0 Å². The van der Waals surface area contributed by atoms with Crippen LogP contribution in [0.5, 0.6) is 11.5 Å². The molecule has 40 heavy (non-hydrogen) atoms. The fraction of sp³-hybridized carbons (Fsp3) is 0.250. The summed E-state index contributed by atoms with van der Waals surface area (Å²) in [6.07, 6.45) is 0. The maximum absolute atomic E-state index is 14.0. The van der Waals surface area contributed by atoms with E-state index in [0.717, 1.165) is 0 Å². The molecule has 0 saturated heterocycles. The number of carbonyl (C=O) groups is 1. The molecule has 0 spiro atoms. The van der Waals surface area contributed by atoms with Gasteiger partial charge in [-0.15, -0.1) is 0 Å². The molecule has 1 N–H and O–H groups in total. The highest BCUT2D eigenvalue weighted by molar-refractivity contribution is 9.10. The summed E-state index contributed by atoms with van der Waals surface area (Å²) in [5.41, 5.74) is 0.990. The molecule has 4 rings (SSSR count). The van der Waals surface area contributed by atoms with Crippen molar-refractivity contribution in [2.24, 2.45) is 0 Å². The van der Waals surface area contributed by atoms with Crippen molar-refractivity contribution in [3.63, 3.8) is 0 Å². The van der Waals surface area contributed by atoms with Crippen LogP contribution in [0.15, 0.2) is 63.9 Å². The van der Waals surface area contributed by atoms with Gasteiger partial charge in [0.1, 0.15) is 17.3 Å². The lowest BCUT2D eigenvalue weighted by atomic mass is 10.1. The first-order chi connectivity index (χ1) is 19.2. The molecule has 2 amide bonds. The van der Waals surface area contributed by atoms with Gasteiger partial charge in [-0.05, 0) is 53.2 Å². The molecule has 1 atom stereocenters. The Kier molecular flexibility index (Phi) is 9.57. The molecule has 1 aromatic heterocycles. The van der Waals surface area contributed by atoms with Gasteiger partial charge in [-0.3, -0.25) is 9.36 Å². The maximum Gasteiger partial charge on any atom is 0.322 e. The minimum absolute atomic E-state index is 0.194. The number of aromatic nitrogens is 2. The van der Waals surface area contributed by atoms with Gasteiger partial charge in [-0.25, -0.2) is 9.78 Å². The molecule has 0 fully saturated rings. The van der Waals surface area contributed by atoms with Gasteiger partial charge in [0, 0.05) is 30.8 Å². The van der Waals surface area contributed by atoms with Crippen LogP contribution >= 0.6 is 39.1 Å². The van der Waals surface area contributed by atoms with Gasteiger partial charge in [0.25, 0.3) is 5.56 Å².